The third-order valence-corrected chi connectivity index (χ3v) is 5.06. The van der Waals surface area contributed by atoms with Gasteiger partial charge in [-0.05, 0) is 57.4 Å². The monoisotopic (exact) mass is 486 g/mol. The molecule has 1 amide bonds. The lowest BCUT2D eigenvalue weighted by atomic mass is 10.1. The van der Waals surface area contributed by atoms with Gasteiger partial charge in [-0.3, -0.25) is 4.79 Å². The molecule has 27 heavy (non-hydrogen) atoms. The van der Waals surface area contributed by atoms with Gasteiger partial charge in [0.05, 0.1) is 19.5 Å². The van der Waals surface area contributed by atoms with E-state index in [2.05, 4.69) is 15.9 Å². The first kappa shape index (κ1) is 21.6. The number of ether oxygens (including phenoxy) is 1. The minimum Gasteiger partial charge on any atom is -0.486 e. The number of benzene rings is 2. The van der Waals surface area contributed by atoms with E-state index in [0.29, 0.717) is 30.9 Å². The first-order valence-corrected chi connectivity index (χ1v) is 9.55. The Morgan fingerprint density at radius 1 is 1.19 bits per heavy atom. The third-order valence-electron chi connectivity index (χ3n) is 3.46. The number of nitrogens with zero attached hydrogens (tertiary/aromatic N) is 2. The van der Waals surface area contributed by atoms with Gasteiger partial charge in [-0.25, -0.2) is 0 Å². The molecule has 2 rings (SSSR count). The van der Waals surface area contributed by atoms with Gasteiger partial charge in [-0.2, -0.15) is 5.26 Å². The highest BCUT2D eigenvalue weighted by molar-refractivity contribution is 9.10. The zero-order valence-corrected chi connectivity index (χ0v) is 18.2. The highest BCUT2D eigenvalue weighted by atomic mass is 79.9. The third kappa shape index (κ3) is 5.63. The van der Waals surface area contributed by atoms with Gasteiger partial charge in [0.2, 0.25) is 0 Å². The zero-order chi connectivity index (χ0) is 20.1. The first-order valence-electron chi connectivity index (χ1n) is 7.62. The maximum absolute atomic E-state index is 12.0. The van der Waals surface area contributed by atoms with Crippen LogP contribution in [0, 0.1) is 11.3 Å². The standard InChI is InChI=1S/C19H14BrCl3N2O2/c1-25(2)19(26)13(9-24)5-12-6-14(20)18(17(23)8-12)27-10-11-3-4-15(21)16(22)7-11/h3-8H,10H2,1-2H3/b13-5-. The maximum atomic E-state index is 12.0. The summed E-state index contributed by atoms with van der Waals surface area (Å²) in [7, 11) is 3.16. The van der Waals surface area contributed by atoms with Crippen molar-refractivity contribution in [3.05, 3.63) is 66.6 Å². The van der Waals surface area contributed by atoms with Crippen molar-refractivity contribution in [1.29, 1.82) is 5.26 Å². The molecule has 0 aliphatic heterocycles. The van der Waals surface area contributed by atoms with Crippen LogP contribution in [0.25, 0.3) is 6.08 Å². The summed E-state index contributed by atoms with van der Waals surface area (Å²) in [6, 6.07) is 10.5. The largest absolute Gasteiger partial charge is 0.486 e. The Morgan fingerprint density at radius 3 is 2.44 bits per heavy atom. The van der Waals surface area contributed by atoms with Crippen LogP contribution in [0.3, 0.4) is 0 Å². The molecule has 2 aromatic rings. The van der Waals surface area contributed by atoms with E-state index >= 15 is 0 Å². The van der Waals surface area contributed by atoms with Crippen LogP contribution in [-0.4, -0.2) is 24.9 Å². The molecule has 0 unspecified atom stereocenters. The van der Waals surface area contributed by atoms with Crippen molar-refractivity contribution < 1.29 is 9.53 Å². The normalized spacial score (nSPS) is 11.1. The van der Waals surface area contributed by atoms with Crippen LogP contribution in [-0.2, 0) is 11.4 Å². The van der Waals surface area contributed by atoms with E-state index in [4.69, 9.17) is 39.5 Å². The molecule has 0 saturated heterocycles. The molecule has 0 aromatic heterocycles. The highest BCUT2D eigenvalue weighted by Gasteiger charge is 2.14. The maximum Gasteiger partial charge on any atom is 0.264 e. The average molecular weight is 489 g/mol. The lowest BCUT2D eigenvalue weighted by Crippen LogP contribution is -2.22. The van der Waals surface area contributed by atoms with Gasteiger partial charge in [-0.1, -0.05) is 40.9 Å². The Hall–Kier alpha value is -1.71. The van der Waals surface area contributed by atoms with E-state index in [1.54, 1.807) is 44.4 Å². The van der Waals surface area contributed by atoms with Crippen molar-refractivity contribution in [2.24, 2.45) is 0 Å². The lowest BCUT2D eigenvalue weighted by Gasteiger charge is -2.12. The number of carbonyl (C=O) groups is 1. The van der Waals surface area contributed by atoms with Crippen LogP contribution >= 0.6 is 50.7 Å². The van der Waals surface area contributed by atoms with Crippen LogP contribution in [0.1, 0.15) is 11.1 Å². The van der Waals surface area contributed by atoms with Crippen molar-refractivity contribution in [1.82, 2.24) is 4.90 Å². The van der Waals surface area contributed by atoms with E-state index < -0.39 is 0 Å². The molecule has 0 N–H and O–H groups in total. The Kier molecular flexibility index (Phi) is 7.58. The van der Waals surface area contributed by atoms with Crippen molar-refractivity contribution in [2.75, 3.05) is 14.1 Å². The van der Waals surface area contributed by atoms with Gasteiger partial charge in [0, 0.05) is 14.1 Å². The summed E-state index contributed by atoms with van der Waals surface area (Å²) >= 11 is 21.6. The van der Waals surface area contributed by atoms with Crippen LogP contribution in [0.15, 0.2) is 40.4 Å². The molecule has 4 nitrogen and oxygen atoms in total. The number of nitriles is 1. The molecule has 0 aliphatic rings. The molecule has 0 spiro atoms. The van der Waals surface area contributed by atoms with Gasteiger partial charge >= 0.3 is 0 Å². The topological polar surface area (TPSA) is 53.3 Å². The molecule has 2 aromatic carbocycles. The second kappa shape index (κ2) is 9.48. The fourth-order valence-electron chi connectivity index (χ4n) is 2.14. The van der Waals surface area contributed by atoms with E-state index in [9.17, 15) is 10.1 Å². The minimum atomic E-state index is -0.385. The second-order valence-electron chi connectivity index (χ2n) is 5.72. The van der Waals surface area contributed by atoms with Crippen molar-refractivity contribution in [3.63, 3.8) is 0 Å². The summed E-state index contributed by atoms with van der Waals surface area (Å²) in [5.41, 5.74) is 1.44. The smallest absolute Gasteiger partial charge is 0.264 e. The summed E-state index contributed by atoms with van der Waals surface area (Å²) in [5, 5.41) is 10.4. The predicted molar refractivity (Wildman–Crippen MR) is 112 cm³/mol. The van der Waals surface area contributed by atoms with Crippen LogP contribution in [0.2, 0.25) is 15.1 Å². The second-order valence-corrected chi connectivity index (χ2v) is 7.80. The predicted octanol–water partition coefficient (Wildman–Crippen LogP) is 5.98. The average Bonchev–Trinajstić information content (AvgIpc) is 2.61. The molecular weight excluding hydrogens is 474 g/mol. The highest BCUT2D eigenvalue weighted by Crippen LogP contribution is 2.36. The fourth-order valence-corrected chi connectivity index (χ4v) is 3.44. The zero-order valence-electron chi connectivity index (χ0n) is 14.4. The molecule has 140 valence electrons. The van der Waals surface area contributed by atoms with E-state index in [1.807, 2.05) is 6.07 Å². The van der Waals surface area contributed by atoms with Crippen LogP contribution in [0.5, 0.6) is 5.75 Å². The molecule has 0 atom stereocenters. The van der Waals surface area contributed by atoms with Gasteiger partial charge in [-0.15, -0.1) is 0 Å². The number of rotatable bonds is 5. The molecule has 0 heterocycles. The Morgan fingerprint density at radius 2 is 1.89 bits per heavy atom. The summed E-state index contributed by atoms with van der Waals surface area (Å²) in [5.74, 6) is 0.0574. The summed E-state index contributed by atoms with van der Waals surface area (Å²) < 4.78 is 6.37. The molecule has 0 radical (unpaired) electrons. The molecule has 0 aliphatic carbocycles. The number of carbonyl (C=O) groups excluding carboxylic acids is 1. The summed E-state index contributed by atoms with van der Waals surface area (Å²) in [6.45, 7) is 0.243. The van der Waals surface area contributed by atoms with Crippen molar-refractivity contribution in [3.8, 4) is 11.8 Å². The van der Waals surface area contributed by atoms with Gasteiger partial charge in [0.1, 0.15) is 18.2 Å². The summed E-state index contributed by atoms with van der Waals surface area (Å²) in [4.78, 5) is 13.3. The Balaban J connectivity index is 2.25. The quantitative estimate of drug-likeness (QED) is 0.384. The van der Waals surface area contributed by atoms with Crippen LogP contribution < -0.4 is 4.74 Å². The Labute approximate surface area is 181 Å². The van der Waals surface area contributed by atoms with Gasteiger partial charge < -0.3 is 9.64 Å². The van der Waals surface area contributed by atoms with Crippen molar-refractivity contribution >= 4 is 62.7 Å². The van der Waals surface area contributed by atoms with E-state index in [0.717, 1.165) is 5.56 Å². The molecule has 0 fully saturated rings. The van der Waals surface area contributed by atoms with Crippen molar-refractivity contribution in [2.45, 2.75) is 6.61 Å². The molecule has 0 saturated carbocycles. The van der Waals surface area contributed by atoms with Gasteiger partial charge in [0.25, 0.3) is 5.91 Å². The van der Waals surface area contributed by atoms with Crippen LogP contribution in [0.4, 0.5) is 0 Å². The summed E-state index contributed by atoms with van der Waals surface area (Å²) in [6.07, 6.45) is 1.47. The fraction of sp³-hybridized carbons (Fsp3) is 0.158. The number of halogens is 4. The Bertz CT molecular complexity index is 929. The first-order chi connectivity index (χ1) is 12.7. The lowest BCUT2D eigenvalue weighted by molar-refractivity contribution is -0.124. The number of likely N-dealkylation sites (N-methyl/N-ethyl adjacent to an activating group) is 1. The number of hydrogen-bond donors (Lipinski definition) is 0. The van der Waals surface area contributed by atoms with E-state index in [1.165, 1.54) is 11.0 Å². The van der Waals surface area contributed by atoms with E-state index in [-0.39, 0.29) is 18.1 Å². The number of hydrogen-bond acceptors (Lipinski definition) is 3. The minimum absolute atomic E-state index is 0.00689. The molecule has 0 bridgehead atoms. The van der Waals surface area contributed by atoms with Gasteiger partial charge in [0.15, 0.2) is 5.75 Å². The number of amides is 1. The SMILES string of the molecule is CN(C)C(=O)/C(C#N)=C\c1cc(Cl)c(OCc2ccc(Cl)c(Cl)c2)c(Br)c1. The molecule has 8 heteroatoms. The molecular formula is C19H14BrCl3N2O2.